The van der Waals surface area contributed by atoms with E-state index in [2.05, 4.69) is 21.4 Å². The van der Waals surface area contributed by atoms with Crippen LogP contribution in [0.5, 0.6) is 0 Å². The number of carbonyl (C=O) groups is 2. The number of hydrogen-bond donors (Lipinski definition) is 1. The number of aromatic nitrogens is 3. The maximum Gasteiger partial charge on any atom is 0.261 e. The van der Waals surface area contributed by atoms with E-state index in [-0.39, 0.29) is 17.7 Å². The van der Waals surface area contributed by atoms with E-state index in [1.807, 2.05) is 70.1 Å². The second-order valence-corrected chi connectivity index (χ2v) is 11.3. The molecule has 1 aliphatic carbocycles. The average molecular weight is 561 g/mol. The van der Waals surface area contributed by atoms with Crippen LogP contribution >= 0.6 is 11.3 Å². The largest absolute Gasteiger partial charge is 0.347 e. The molecule has 0 atom stereocenters. The number of nitriles is 1. The third kappa shape index (κ3) is 5.88. The Kier molecular flexibility index (Phi) is 7.56. The molecule has 2 aromatic carbocycles. The van der Waals surface area contributed by atoms with Crippen molar-refractivity contribution in [3.63, 3.8) is 0 Å². The number of carbonyl (C=O) groups excluding carboxylic acids is 2. The fourth-order valence-electron chi connectivity index (χ4n) is 4.92. The summed E-state index contributed by atoms with van der Waals surface area (Å²) in [5.41, 5.74) is 4.33. The van der Waals surface area contributed by atoms with Gasteiger partial charge in [-0.1, -0.05) is 24.6 Å². The molecule has 1 aliphatic rings. The van der Waals surface area contributed by atoms with Crippen LogP contribution in [0.4, 0.5) is 5.69 Å². The average Bonchev–Trinajstić information content (AvgIpc) is 3.61. The molecule has 0 bridgehead atoms. The predicted octanol–water partition coefficient (Wildman–Crippen LogP) is 5.68. The first-order chi connectivity index (χ1) is 20.1. The first-order valence-corrected chi connectivity index (χ1v) is 14.4. The molecule has 0 saturated heterocycles. The van der Waals surface area contributed by atoms with E-state index in [9.17, 15) is 9.59 Å². The van der Waals surface area contributed by atoms with Gasteiger partial charge in [0.2, 0.25) is 5.91 Å². The van der Waals surface area contributed by atoms with Gasteiger partial charge in [-0.2, -0.15) is 5.26 Å². The van der Waals surface area contributed by atoms with Crippen LogP contribution in [0.3, 0.4) is 0 Å². The molecule has 1 fully saturated rings. The van der Waals surface area contributed by atoms with Crippen molar-refractivity contribution < 1.29 is 9.59 Å². The zero-order valence-electron chi connectivity index (χ0n) is 22.4. The van der Waals surface area contributed by atoms with Gasteiger partial charge in [0.05, 0.1) is 35.1 Å². The highest BCUT2D eigenvalue weighted by Crippen LogP contribution is 2.34. The van der Waals surface area contributed by atoms with Crippen LogP contribution in [0.15, 0.2) is 85.6 Å². The Labute approximate surface area is 241 Å². The molecule has 5 aromatic rings. The summed E-state index contributed by atoms with van der Waals surface area (Å²) >= 11 is 1.44. The first kappa shape index (κ1) is 26.4. The summed E-state index contributed by atoms with van der Waals surface area (Å²) in [6, 6.07) is 21.3. The van der Waals surface area contributed by atoms with Crippen LogP contribution < -0.4 is 10.2 Å². The first-order valence-electron chi connectivity index (χ1n) is 13.6. The van der Waals surface area contributed by atoms with E-state index in [0.29, 0.717) is 30.1 Å². The molecule has 1 saturated carbocycles. The summed E-state index contributed by atoms with van der Waals surface area (Å²) in [6.07, 6.45) is 9.90. The summed E-state index contributed by atoms with van der Waals surface area (Å²) in [4.78, 5) is 37.5. The molecule has 204 valence electrons. The highest BCUT2D eigenvalue weighted by molar-refractivity contribution is 7.20. The summed E-state index contributed by atoms with van der Waals surface area (Å²) in [5, 5.41) is 13.0. The predicted molar refractivity (Wildman–Crippen MR) is 158 cm³/mol. The molecular formula is C32H28N6O2S. The molecule has 0 unspecified atom stereocenters. The van der Waals surface area contributed by atoms with Gasteiger partial charge in [0, 0.05) is 48.0 Å². The Morgan fingerprint density at radius 3 is 2.63 bits per heavy atom. The van der Waals surface area contributed by atoms with E-state index in [1.54, 1.807) is 24.9 Å². The summed E-state index contributed by atoms with van der Waals surface area (Å²) in [5.74, 6) is 0.00832. The van der Waals surface area contributed by atoms with Crippen molar-refractivity contribution in [2.24, 2.45) is 5.92 Å². The Morgan fingerprint density at radius 1 is 1.05 bits per heavy atom. The van der Waals surface area contributed by atoms with Gasteiger partial charge in [0.25, 0.3) is 5.91 Å². The number of benzene rings is 2. The highest BCUT2D eigenvalue weighted by atomic mass is 32.1. The molecule has 1 N–H and O–H groups in total. The highest BCUT2D eigenvalue weighted by Gasteiger charge is 2.31. The van der Waals surface area contributed by atoms with Crippen LogP contribution in [0.2, 0.25) is 0 Å². The number of fused-ring (bicyclic) bond motifs is 1. The minimum absolute atomic E-state index is 0.0249. The van der Waals surface area contributed by atoms with Gasteiger partial charge in [0.15, 0.2) is 0 Å². The van der Waals surface area contributed by atoms with Crippen LogP contribution in [-0.2, 0) is 24.4 Å². The number of rotatable bonds is 9. The van der Waals surface area contributed by atoms with Crippen LogP contribution in [-0.4, -0.2) is 26.3 Å². The Bertz CT molecular complexity index is 1730. The Hall–Kier alpha value is -4.81. The SMILES string of the molecule is N#Cc1ccc(Cn2cncc2CN(C(=O)C2CCC2)c2ccc3sc(C(=O)NCc4cccnc4)cc3c2)cc1. The van der Waals surface area contributed by atoms with E-state index in [0.717, 1.165) is 51.9 Å². The van der Waals surface area contributed by atoms with Gasteiger partial charge < -0.3 is 14.8 Å². The van der Waals surface area contributed by atoms with E-state index < -0.39 is 0 Å². The lowest BCUT2D eigenvalue weighted by Crippen LogP contribution is -2.39. The Balaban J connectivity index is 1.23. The molecule has 41 heavy (non-hydrogen) atoms. The van der Waals surface area contributed by atoms with Crippen molar-refractivity contribution in [2.45, 2.75) is 38.9 Å². The van der Waals surface area contributed by atoms with Crippen LogP contribution in [0, 0.1) is 17.2 Å². The number of imidazole rings is 1. The molecule has 0 aliphatic heterocycles. The standard InChI is InChI=1S/C32H28N6O2S/c33-15-22-6-8-23(9-7-22)19-37-21-35-18-28(37)20-38(32(40)25-4-1-5-25)27-10-11-29-26(13-27)14-30(41-29)31(39)36-17-24-3-2-12-34-16-24/h2-3,6-14,16,18,21,25H,1,4-5,17,19-20H2,(H,36,39). The third-order valence-corrected chi connectivity index (χ3v) is 8.60. The fraction of sp³-hybridized carbons (Fsp3) is 0.219. The zero-order valence-corrected chi connectivity index (χ0v) is 23.2. The minimum atomic E-state index is -0.134. The van der Waals surface area contributed by atoms with Gasteiger partial charge in [-0.3, -0.25) is 14.6 Å². The van der Waals surface area contributed by atoms with Crippen molar-refractivity contribution in [1.29, 1.82) is 5.26 Å². The van der Waals surface area contributed by atoms with Crippen LogP contribution in [0.25, 0.3) is 10.1 Å². The lowest BCUT2D eigenvalue weighted by Gasteiger charge is -2.32. The van der Waals surface area contributed by atoms with E-state index in [4.69, 9.17) is 5.26 Å². The zero-order chi connectivity index (χ0) is 28.2. The quantitative estimate of drug-likeness (QED) is 0.250. The lowest BCUT2D eigenvalue weighted by atomic mass is 9.84. The third-order valence-electron chi connectivity index (χ3n) is 7.49. The second-order valence-electron chi connectivity index (χ2n) is 10.3. The molecule has 0 spiro atoms. The van der Waals surface area contributed by atoms with Crippen molar-refractivity contribution in [3.05, 3.63) is 113 Å². The number of hydrogen-bond acceptors (Lipinski definition) is 6. The molecule has 6 rings (SSSR count). The molecule has 0 radical (unpaired) electrons. The van der Waals surface area contributed by atoms with E-state index in [1.165, 1.54) is 11.3 Å². The van der Waals surface area contributed by atoms with Crippen molar-refractivity contribution in [2.75, 3.05) is 4.90 Å². The number of nitrogens with zero attached hydrogens (tertiary/aromatic N) is 5. The molecule has 3 aromatic heterocycles. The fourth-order valence-corrected chi connectivity index (χ4v) is 5.88. The monoisotopic (exact) mass is 560 g/mol. The summed E-state index contributed by atoms with van der Waals surface area (Å²) in [6.45, 7) is 1.39. The number of thiophene rings is 1. The Morgan fingerprint density at radius 2 is 1.90 bits per heavy atom. The number of anilines is 1. The van der Waals surface area contributed by atoms with Gasteiger partial charge in [0.1, 0.15) is 0 Å². The molecule has 2 amide bonds. The second kappa shape index (κ2) is 11.7. The maximum atomic E-state index is 13.7. The van der Waals surface area contributed by atoms with E-state index >= 15 is 0 Å². The van der Waals surface area contributed by atoms with Gasteiger partial charge >= 0.3 is 0 Å². The summed E-state index contributed by atoms with van der Waals surface area (Å²) < 4.78 is 3.03. The minimum Gasteiger partial charge on any atom is -0.347 e. The van der Waals surface area contributed by atoms with Crippen molar-refractivity contribution in [3.8, 4) is 6.07 Å². The molecule has 3 heterocycles. The summed E-state index contributed by atoms with van der Waals surface area (Å²) in [7, 11) is 0. The van der Waals surface area contributed by atoms with Gasteiger partial charge in [-0.15, -0.1) is 11.3 Å². The van der Waals surface area contributed by atoms with Crippen molar-refractivity contribution >= 4 is 38.9 Å². The molecular weight excluding hydrogens is 532 g/mol. The normalized spacial score (nSPS) is 13.0. The molecule has 9 heteroatoms. The lowest BCUT2D eigenvalue weighted by molar-refractivity contribution is -0.124. The topological polar surface area (TPSA) is 104 Å². The smallest absolute Gasteiger partial charge is 0.261 e. The maximum absolute atomic E-state index is 13.7. The van der Waals surface area contributed by atoms with Gasteiger partial charge in [-0.25, -0.2) is 4.98 Å². The number of amides is 2. The van der Waals surface area contributed by atoms with Crippen molar-refractivity contribution in [1.82, 2.24) is 19.9 Å². The van der Waals surface area contributed by atoms with Crippen LogP contribution in [0.1, 0.15) is 51.3 Å². The number of pyridine rings is 1. The molecule has 8 nitrogen and oxygen atoms in total. The number of nitrogens with one attached hydrogen (secondary N) is 1. The van der Waals surface area contributed by atoms with Gasteiger partial charge in [-0.05, 0) is 71.8 Å².